The van der Waals surface area contributed by atoms with Crippen LogP contribution in [0.25, 0.3) is 11.8 Å². The molecular formula is C21H23N3O2S2. The Hall–Kier alpha value is -2.51. The number of benzene rings is 1. The van der Waals surface area contributed by atoms with Crippen molar-refractivity contribution in [2.45, 2.75) is 24.9 Å². The van der Waals surface area contributed by atoms with Gasteiger partial charge in [0.15, 0.2) is 0 Å². The highest BCUT2D eigenvalue weighted by Crippen LogP contribution is 2.29. The maximum absolute atomic E-state index is 12.3. The molecule has 2 aliphatic rings. The number of anilines is 1. The SMILES string of the molecule is C=Cc1cc(N2C[C@H](C/C=C/C(C)=S)OC2=O)ccc1C(=C)NC1NC=CS1. The molecule has 28 heavy (non-hydrogen) atoms. The molecule has 1 unspecified atom stereocenters. The zero-order valence-corrected chi connectivity index (χ0v) is 17.3. The summed E-state index contributed by atoms with van der Waals surface area (Å²) >= 11 is 6.67. The van der Waals surface area contributed by atoms with Crippen LogP contribution in [0, 0.1) is 0 Å². The molecule has 1 aromatic rings. The molecule has 0 aliphatic carbocycles. The molecule has 0 aromatic heterocycles. The maximum atomic E-state index is 12.3. The maximum Gasteiger partial charge on any atom is 0.414 e. The van der Waals surface area contributed by atoms with Gasteiger partial charge in [0.25, 0.3) is 0 Å². The molecule has 1 aromatic carbocycles. The Morgan fingerprint density at radius 2 is 2.36 bits per heavy atom. The van der Waals surface area contributed by atoms with Crippen LogP contribution in [0.1, 0.15) is 24.5 Å². The minimum absolute atomic E-state index is 0.0585. The molecule has 2 atom stereocenters. The lowest BCUT2D eigenvalue weighted by Gasteiger charge is -2.20. The van der Waals surface area contributed by atoms with Gasteiger partial charge < -0.3 is 15.4 Å². The topological polar surface area (TPSA) is 53.6 Å². The smallest absolute Gasteiger partial charge is 0.414 e. The second kappa shape index (κ2) is 9.12. The zero-order valence-electron chi connectivity index (χ0n) is 15.7. The van der Waals surface area contributed by atoms with Crippen LogP contribution in [0.15, 0.2) is 55.1 Å². The molecule has 1 fully saturated rings. The van der Waals surface area contributed by atoms with E-state index in [2.05, 4.69) is 23.8 Å². The Kier molecular flexibility index (Phi) is 6.59. The molecule has 1 saturated heterocycles. The first kappa shape index (κ1) is 20.2. The molecule has 0 bridgehead atoms. The second-order valence-corrected chi connectivity index (χ2v) is 8.11. The Morgan fingerprint density at radius 1 is 1.54 bits per heavy atom. The number of ether oxygens (including phenoxy) is 1. The summed E-state index contributed by atoms with van der Waals surface area (Å²) in [7, 11) is 0. The first-order valence-electron chi connectivity index (χ1n) is 8.92. The number of nitrogens with zero attached hydrogens (tertiary/aromatic N) is 1. The standard InChI is InChI=1S/C21H23N3O2S2/c1-4-16-12-17(8-9-19(16)15(3)23-20-22-10-11-28-20)24-13-18(26-21(24)25)7-5-6-14(2)27/h4-6,8-12,18,20,22-23H,1,3,7,13H2,2H3/b6-5+/t18-,20?/m0/s1. The minimum atomic E-state index is -0.338. The van der Waals surface area contributed by atoms with E-state index in [1.54, 1.807) is 22.7 Å². The monoisotopic (exact) mass is 413 g/mol. The number of carbonyl (C=O) groups is 1. The summed E-state index contributed by atoms with van der Waals surface area (Å²) < 4.78 is 5.47. The number of carbonyl (C=O) groups excluding carboxylic acids is 1. The third kappa shape index (κ3) is 4.85. The molecule has 1 amide bonds. The Morgan fingerprint density at radius 3 is 3.04 bits per heavy atom. The van der Waals surface area contributed by atoms with Crippen LogP contribution in [-0.4, -0.2) is 29.1 Å². The van der Waals surface area contributed by atoms with E-state index in [1.807, 2.05) is 48.9 Å². The number of nitrogens with one attached hydrogen (secondary N) is 2. The summed E-state index contributed by atoms with van der Waals surface area (Å²) in [6.07, 6.45) is 7.59. The predicted octanol–water partition coefficient (Wildman–Crippen LogP) is 4.64. The van der Waals surface area contributed by atoms with Gasteiger partial charge in [0, 0.05) is 34.4 Å². The number of allylic oxidation sites excluding steroid dienone is 1. The van der Waals surface area contributed by atoms with Crippen LogP contribution in [0.4, 0.5) is 10.5 Å². The number of hydrogen-bond acceptors (Lipinski definition) is 6. The lowest BCUT2D eigenvalue weighted by Crippen LogP contribution is -2.32. The molecule has 2 aliphatic heterocycles. The van der Waals surface area contributed by atoms with Crippen molar-refractivity contribution in [2.24, 2.45) is 0 Å². The van der Waals surface area contributed by atoms with Gasteiger partial charge in [-0.05, 0) is 30.0 Å². The third-order valence-electron chi connectivity index (χ3n) is 4.35. The van der Waals surface area contributed by atoms with Crippen LogP contribution in [0.2, 0.25) is 0 Å². The number of rotatable bonds is 8. The van der Waals surface area contributed by atoms with Gasteiger partial charge in [-0.25, -0.2) is 4.79 Å². The van der Waals surface area contributed by atoms with E-state index < -0.39 is 0 Å². The normalized spacial score (nSPS) is 20.9. The molecule has 7 heteroatoms. The highest BCUT2D eigenvalue weighted by Gasteiger charge is 2.31. The van der Waals surface area contributed by atoms with Crippen molar-refractivity contribution in [1.29, 1.82) is 0 Å². The van der Waals surface area contributed by atoms with E-state index >= 15 is 0 Å². The van der Waals surface area contributed by atoms with Crippen molar-refractivity contribution in [3.05, 3.63) is 66.2 Å². The van der Waals surface area contributed by atoms with Gasteiger partial charge in [-0.2, -0.15) is 0 Å². The van der Waals surface area contributed by atoms with Crippen molar-refractivity contribution in [2.75, 3.05) is 11.4 Å². The average Bonchev–Trinajstić information content (AvgIpc) is 3.30. The van der Waals surface area contributed by atoms with Gasteiger partial charge in [0.2, 0.25) is 0 Å². The van der Waals surface area contributed by atoms with Crippen molar-refractivity contribution >= 4 is 52.4 Å². The van der Waals surface area contributed by atoms with Crippen molar-refractivity contribution in [3.63, 3.8) is 0 Å². The molecule has 0 radical (unpaired) electrons. The molecule has 2 heterocycles. The summed E-state index contributed by atoms with van der Waals surface area (Å²) in [6.45, 7) is 10.4. The first-order chi connectivity index (χ1) is 13.5. The van der Waals surface area contributed by atoms with Gasteiger partial charge in [0.1, 0.15) is 11.6 Å². The average molecular weight is 414 g/mol. The van der Waals surface area contributed by atoms with Crippen molar-refractivity contribution in [1.82, 2.24) is 10.6 Å². The molecule has 0 spiro atoms. The fourth-order valence-corrected chi connectivity index (χ4v) is 3.78. The molecule has 0 saturated carbocycles. The Labute approximate surface area is 175 Å². The van der Waals surface area contributed by atoms with Crippen LogP contribution >= 0.6 is 24.0 Å². The number of cyclic esters (lactones) is 1. The quantitative estimate of drug-likeness (QED) is 0.478. The van der Waals surface area contributed by atoms with E-state index in [1.165, 1.54) is 0 Å². The van der Waals surface area contributed by atoms with E-state index in [0.29, 0.717) is 13.0 Å². The van der Waals surface area contributed by atoms with Gasteiger partial charge in [-0.15, -0.1) is 0 Å². The Balaban J connectivity index is 1.70. The molecular weight excluding hydrogens is 390 g/mol. The second-order valence-electron chi connectivity index (χ2n) is 6.45. The molecule has 3 rings (SSSR count). The third-order valence-corrected chi connectivity index (χ3v) is 5.31. The summed E-state index contributed by atoms with van der Waals surface area (Å²) in [5.74, 6) is 0. The van der Waals surface area contributed by atoms with Crippen LogP contribution < -0.4 is 15.5 Å². The fourth-order valence-electron chi connectivity index (χ4n) is 3.00. The minimum Gasteiger partial charge on any atom is -0.444 e. The largest absolute Gasteiger partial charge is 0.444 e. The van der Waals surface area contributed by atoms with E-state index in [0.717, 1.165) is 27.4 Å². The highest BCUT2D eigenvalue weighted by molar-refractivity contribution is 8.02. The number of hydrogen-bond donors (Lipinski definition) is 2. The zero-order chi connectivity index (χ0) is 20.1. The lowest BCUT2D eigenvalue weighted by atomic mass is 10.0. The highest BCUT2D eigenvalue weighted by atomic mass is 32.2. The lowest BCUT2D eigenvalue weighted by molar-refractivity contribution is 0.143. The summed E-state index contributed by atoms with van der Waals surface area (Å²) in [5.41, 5.74) is 3.47. The fraction of sp³-hybridized carbons (Fsp3) is 0.238. The van der Waals surface area contributed by atoms with Crippen LogP contribution in [0.5, 0.6) is 0 Å². The Bertz CT molecular complexity index is 855. The predicted molar refractivity (Wildman–Crippen MR) is 122 cm³/mol. The van der Waals surface area contributed by atoms with E-state index in [9.17, 15) is 4.79 Å². The van der Waals surface area contributed by atoms with Crippen LogP contribution in [0.3, 0.4) is 0 Å². The van der Waals surface area contributed by atoms with Gasteiger partial charge >= 0.3 is 6.09 Å². The summed E-state index contributed by atoms with van der Waals surface area (Å²) in [4.78, 5) is 14.8. The number of thioether (sulfide) groups is 1. The van der Waals surface area contributed by atoms with Gasteiger partial charge in [-0.3, -0.25) is 4.90 Å². The first-order valence-corrected chi connectivity index (χ1v) is 10.3. The van der Waals surface area contributed by atoms with Gasteiger partial charge in [-0.1, -0.05) is 61.4 Å². The van der Waals surface area contributed by atoms with Crippen LogP contribution in [-0.2, 0) is 4.74 Å². The molecule has 5 nitrogen and oxygen atoms in total. The number of thiocarbonyl (C=S) groups is 1. The summed E-state index contributed by atoms with van der Waals surface area (Å²) in [5, 5.41) is 8.50. The van der Waals surface area contributed by atoms with E-state index in [-0.39, 0.29) is 17.7 Å². The van der Waals surface area contributed by atoms with E-state index in [4.69, 9.17) is 17.0 Å². The van der Waals surface area contributed by atoms with Crippen molar-refractivity contribution < 1.29 is 9.53 Å². The van der Waals surface area contributed by atoms with Crippen molar-refractivity contribution in [3.8, 4) is 0 Å². The molecule has 146 valence electrons. The number of amides is 1. The summed E-state index contributed by atoms with van der Waals surface area (Å²) in [6, 6.07) is 5.79. The molecule has 2 N–H and O–H groups in total. The van der Waals surface area contributed by atoms with Gasteiger partial charge in [0.05, 0.1) is 6.54 Å².